The predicted molar refractivity (Wildman–Crippen MR) is 103 cm³/mol. The summed E-state index contributed by atoms with van der Waals surface area (Å²) < 4.78 is 0. The number of carbonyl (C=O) groups excluding carboxylic acids is 2. The third-order valence-electron chi connectivity index (χ3n) is 5.83. The van der Waals surface area contributed by atoms with Crippen LogP contribution in [-0.4, -0.2) is 22.2 Å². The van der Waals surface area contributed by atoms with Crippen LogP contribution < -0.4 is 0 Å². The molecule has 2 atom stereocenters. The van der Waals surface area contributed by atoms with Crippen LogP contribution in [0.4, 0.5) is 5.69 Å². The van der Waals surface area contributed by atoms with Crippen LogP contribution in [-0.2, 0) is 4.79 Å². The number of nitrogens with zero attached hydrogens (tertiary/aromatic N) is 2. The molecule has 0 aromatic heterocycles. The van der Waals surface area contributed by atoms with Gasteiger partial charge in [-0.15, -0.1) is 0 Å². The van der Waals surface area contributed by atoms with Gasteiger partial charge in [0, 0.05) is 46.9 Å². The number of Topliss-reactive ketones (excluding diaryl/α,β-unsaturated/α-hetero) is 2. The van der Waals surface area contributed by atoms with Gasteiger partial charge in [0.2, 0.25) is 0 Å². The fourth-order valence-corrected chi connectivity index (χ4v) is 4.64. The number of hydrogen-bond acceptors (Lipinski definition) is 5. The zero-order valence-corrected chi connectivity index (χ0v) is 14.9. The molecule has 1 fully saturated rings. The minimum Gasteiger partial charge on any atom is -0.299 e. The Morgan fingerprint density at radius 3 is 2.54 bits per heavy atom. The number of hydrogen-bond donors (Lipinski definition) is 0. The first kappa shape index (κ1) is 16.7. The van der Waals surface area contributed by atoms with Crippen molar-refractivity contribution in [2.45, 2.75) is 25.2 Å². The summed E-state index contributed by atoms with van der Waals surface area (Å²) >= 11 is 0. The van der Waals surface area contributed by atoms with Gasteiger partial charge in [-0.3, -0.25) is 24.7 Å². The zero-order valence-electron chi connectivity index (χ0n) is 14.9. The summed E-state index contributed by atoms with van der Waals surface area (Å²) in [5, 5.41) is 11.3. The summed E-state index contributed by atoms with van der Waals surface area (Å²) in [5.74, 6) is -1.14. The van der Waals surface area contributed by atoms with Crippen LogP contribution in [0.2, 0.25) is 0 Å². The zero-order chi connectivity index (χ0) is 19.4. The molecule has 2 aliphatic carbocycles. The van der Waals surface area contributed by atoms with Crippen LogP contribution in [0.3, 0.4) is 0 Å². The minimum absolute atomic E-state index is 0.0464. The first-order chi connectivity index (χ1) is 13.6. The first-order valence-corrected chi connectivity index (χ1v) is 9.29. The lowest BCUT2D eigenvalue weighted by molar-refractivity contribution is -0.384. The first-order valence-electron chi connectivity index (χ1n) is 9.29. The van der Waals surface area contributed by atoms with Gasteiger partial charge in [-0.05, 0) is 18.4 Å². The largest absolute Gasteiger partial charge is 0.299 e. The Morgan fingerprint density at radius 2 is 1.75 bits per heavy atom. The van der Waals surface area contributed by atoms with Gasteiger partial charge >= 0.3 is 0 Å². The maximum Gasteiger partial charge on any atom is 0.269 e. The predicted octanol–water partition coefficient (Wildman–Crippen LogP) is 4.11. The number of aliphatic imine (C=N–C) groups is 1. The second-order valence-corrected chi connectivity index (χ2v) is 7.37. The molecular formula is C22H16N2O4. The SMILES string of the molecule is O=C1C2=C(N=C3CCCC(=O)C3[C@@H]2c2cccc([N+](=O)[O-])c2)c2ccccc21. The van der Waals surface area contributed by atoms with Crippen LogP contribution in [0.25, 0.3) is 5.70 Å². The molecule has 1 heterocycles. The van der Waals surface area contributed by atoms with Gasteiger partial charge in [0.25, 0.3) is 5.69 Å². The van der Waals surface area contributed by atoms with Crippen molar-refractivity contribution in [2.24, 2.45) is 10.9 Å². The quantitative estimate of drug-likeness (QED) is 0.586. The van der Waals surface area contributed by atoms with Gasteiger partial charge in [0.15, 0.2) is 5.78 Å². The van der Waals surface area contributed by atoms with Crippen molar-refractivity contribution >= 4 is 28.7 Å². The maximum absolute atomic E-state index is 13.2. The van der Waals surface area contributed by atoms with Crippen molar-refractivity contribution in [3.05, 3.63) is 80.9 Å². The fourth-order valence-electron chi connectivity index (χ4n) is 4.64. The lowest BCUT2D eigenvalue weighted by Gasteiger charge is -2.34. The summed E-state index contributed by atoms with van der Waals surface area (Å²) in [6.45, 7) is 0. The molecule has 0 N–H and O–H groups in total. The molecule has 1 unspecified atom stereocenters. The molecule has 28 heavy (non-hydrogen) atoms. The highest BCUT2D eigenvalue weighted by Gasteiger charge is 2.47. The summed E-state index contributed by atoms with van der Waals surface area (Å²) in [4.78, 5) is 41.7. The van der Waals surface area contributed by atoms with Gasteiger partial charge in [-0.25, -0.2) is 0 Å². The van der Waals surface area contributed by atoms with Crippen LogP contribution in [0.1, 0.15) is 46.7 Å². The fraction of sp³-hybridized carbons (Fsp3) is 0.227. The molecule has 0 spiro atoms. The Kier molecular flexibility index (Phi) is 3.62. The van der Waals surface area contributed by atoms with Crippen LogP contribution in [0.15, 0.2) is 59.1 Å². The highest BCUT2D eigenvalue weighted by atomic mass is 16.6. The number of rotatable bonds is 2. The van der Waals surface area contributed by atoms with Crippen LogP contribution in [0.5, 0.6) is 0 Å². The Hall–Kier alpha value is -3.41. The van der Waals surface area contributed by atoms with Gasteiger partial charge in [0.1, 0.15) is 5.78 Å². The normalized spacial score (nSPS) is 23.1. The van der Waals surface area contributed by atoms with Crippen LogP contribution in [0, 0.1) is 16.0 Å². The van der Waals surface area contributed by atoms with E-state index in [1.807, 2.05) is 18.2 Å². The average molecular weight is 372 g/mol. The van der Waals surface area contributed by atoms with Crippen molar-refractivity contribution in [3.63, 3.8) is 0 Å². The molecule has 6 nitrogen and oxygen atoms in total. The highest BCUT2D eigenvalue weighted by molar-refractivity contribution is 6.25. The molecule has 2 aromatic carbocycles. The van der Waals surface area contributed by atoms with E-state index in [4.69, 9.17) is 4.99 Å². The number of ketones is 2. The highest BCUT2D eigenvalue weighted by Crippen LogP contribution is 2.50. The standard InChI is InChI=1S/C22H16N2O4/c25-17-10-4-9-16-19(17)18(12-5-3-6-13(11-12)24(27)28)20-21(23-16)14-7-1-2-8-15(14)22(20)26/h1-3,5-8,11,18-19H,4,9-10H2/t18-,19?/m0/s1. The molecule has 2 aromatic rings. The van der Waals surface area contributed by atoms with Crippen molar-refractivity contribution in [1.29, 1.82) is 0 Å². The Labute approximate surface area is 160 Å². The van der Waals surface area contributed by atoms with Crippen molar-refractivity contribution in [1.82, 2.24) is 0 Å². The number of nitro benzene ring substituents is 1. The third-order valence-corrected chi connectivity index (χ3v) is 5.83. The number of carbonyl (C=O) groups is 2. The summed E-state index contributed by atoms with van der Waals surface area (Å²) in [5.41, 5.74) is 3.84. The Morgan fingerprint density at radius 1 is 0.964 bits per heavy atom. The molecule has 3 aliphatic rings. The molecular weight excluding hydrogens is 356 g/mol. The monoisotopic (exact) mass is 372 g/mol. The topological polar surface area (TPSA) is 89.6 Å². The van der Waals surface area contributed by atoms with Gasteiger partial charge in [-0.2, -0.15) is 0 Å². The van der Waals surface area contributed by atoms with E-state index in [1.54, 1.807) is 18.2 Å². The average Bonchev–Trinajstić information content (AvgIpc) is 2.99. The smallest absolute Gasteiger partial charge is 0.269 e. The number of fused-ring (bicyclic) bond motifs is 3. The van der Waals surface area contributed by atoms with Gasteiger partial charge < -0.3 is 0 Å². The molecule has 1 aliphatic heterocycles. The molecule has 0 bridgehead atoms. The van der Waals surface area contributed by atoms with E-state index in [0.717, 1.165) is 17.7 Å². The van der Waals surface area contributed by atoms with E-state index in [1.165, 1.54) is 12.1 Å². The lowest BCUT2D eigenvalue weighted by Crippen LogP contribution is -2.37. The van der Waals surface area contributed by atoms with E-state index in [2.05, 4.69) is 0 Å². The van der Waals surface area contributed by atoms with Gasteiger partial charge in [0.05, 0.1) is 16.5 Å². The molecule has 0 radical (unpaired) electrons. The lowest BCUT2D eigenvalue weighted by atomic mass is 9.69. The van der Waals surface area contributed by atoms with E-state index in [0.29, 0.717) is 35.2 Å². The van der Waals surface area contributed by atoms with E-state index in [9.17, 15) is 19.7 Å². The second-order valence-electron chi connectivity index (χ2n) is 7.37. The molecule has 0 saturated heterocycles. The summed E-state index contributed by atoms with van der Waals surface area (Å²) in [6, 6.07) is 13.6. The molecule has 6 heteroatoms. The summed E-state index contributed by atoms with van der Waals surface area (Å²) in [6.07, 6.45) is 1.89. The number of allylic oxidation sites excluding steroid dienone is 1. The Bertz CT molecular complexity index is 1130. The van der Waals surface area contributed by atoms with E-state index < -0.39 is 16.8 Å². The molecule has 5 rings (SSSR count). The van der Waals surface area contributed by atoms with Crippen molar-refractivity contribution in [2.75, 3.05) is 0 Å². The summed E-state index contributed by atoms with van der Waals surface area (Å²) in [7, 11) is 0. The van der Waals surface area contributed by atoms with Crippen molar-refractivity contribution in [3.8, 4) is 0 Å². The Balaban J connectivity index is 1.75. The van der Waals surface area contributed by atoms with Crippen molar-refractivity contribution < 1.29 is 14.5 Å². The van der Waals surface area contributed by atoms with E-state index in [-0.39, 0.29) is 17.3 Å². The molecule has 0 amide bonds. The maximum atomic E-state index is 13.2. The minimum atomic E-state index is -0.532. The second kappa shape index (κ2) is 6.05. The van der Waals surface area contributed by atoms with E-state index >= 15 is 0 Å². The number of benzene rings is 2. The number of nitro groups is 1. The molecule has 138 valence electrons. The third kappa shape index (κ3) is 2.30. The number of non-ortho nitro benzene ring substituents is 1. The van der Waals surface area contributed by atoms with Crippen LogP contribution >= 0.6 is 0 Å². The van der Waals surface area contributed by atoms with Gasteiger partial charge in [-0.1, -0.05) is 36.4 Å². The molecule has 1 saturated carbocycles.